The van der Waals surface area contributed by atoms with Crippen LogP contribution in [-0.2, 0) is 9.59 Å². The summed E-state index contributed by atoms with van der Waals surface area (Å²) in [6, 6.07) is -0.761. The average Bonchev–Trinajstić information content (AvgIpc) is 1.97. The molecule has 6 heteroatoms. The monoisotopic (exact) mass is 209 g/mol. The number of aliphatic carboxylic acids is 1. The molecule has 82 valence electrons. The minimum Gasteiger partial charge on any atom is -0.481 e. The second kappa shape index (κ2) is 6.28. The van der Waals surface area contributed by atoms with Gasteiger partial charge in [0.25, 0.3) is 0 Å². The molecule has 14 heavy (non-hydrogen) atoms. The van der Waals surface area contributed by atoms with E-state index in [1.807, 2.05) is 0 Å². The maximum absolute atomic E-state index is 12.0. The summed E-state index contributed by atoms with van der Waals surface area (Å²) in [6.07, 6.45) is -3.25. The van der Waals surface area contributed by atoms with Gasteiger partial charge in [0.05, 0.1) is 0 Å². The van der Waals surface area contributed by atoms with E-state index in [1.54, 1.807) is 0 Å². The number of amides is 1. The van der Waals surface area contributed by atoms with Crippen LogP contribution in [0.15, 0.2) is 0 Å². The minimum atomic E-state index is -2.54. The minimum absolute atomic E-state index is 0.0270. The van der Waals surface area contributed by atoms with Crippen LogP contribution in [0.5, 0.6) is 0 Å². The van der Waals surface area contributed by atoms with E-state index in [2.05, 4.69) is 5.32 Å². The van der Waals surface area contributed by atoms with Crippen molar-refractivity contribution in [1.29, 1.82) is 0 Å². The van der Waals surface area contributed by atoms with Gasteiger partial charge in [-0.05, 0) is 6.42 Å². The summed E-state index contributed by atoms with van der Waals surface area (Å²) >= 11 is 0. The Morgan fingerprint density at radius 3 is 2.36 bits per heavy atom. The smallest absolute Gasteiger partial charge is 0.303 e. The van der Waals surface area contributed by atoms with Crippen molar-refractivity contribution in [2.75, 3.05) is 0 Å². The van der Waals surface area contributed by atoms with Crippen molar-refractivity contribution in [3.8, 4) is 0 Å². The molecule has 0 saturated carbocycles. The standard InChI is InChI=1S/C8H13F2NO3/c1-5(12)11-6(4-7(9)10)2-3-8(13)14/h6-7H,2-4H2,1H3,(H,11,12)(H,13,14). The molecule has 2 N–H and O–H groups in total. The van der Waals surface area contributed by atoms with Crippen molar-refractivity contribution in [3.63, 3.8) is 0 Å². The number of carbonyl (C=O) groups is 2. The van der Waals surface area contributed by atoms with E-state index in [1.165, 1.54) is 6.92 Å². The van der Waals surface area contributed by atoms with Crippen LogP contribution in [0.25, 0.3) is 0 Å². The van der Waals surface area contributed by atoms with E-state index >= 15 is 0 Å². The van der Waals surface area contributed by atoms with E-state index in [0.717, 1.165) is 0 Å². The lowest BCUT2D eigenvalue weighted by atomic mass is 10.1. The molecule has 0 rings (SSSR count). The first-order valence-corrected chi connectivity index (χ1v) is 4.19. The fourth-order valence-electron chi connectivity index (χ4n) is 1.05. The van der Waals surface area contributed by atoms with E-state index in [-0.39, 0.29) is 12.8 Å². The lowest BCUT2D eigenvalue weighted by molar-refractivity contribution is -0.137. The Morgan fingerprint density at radius 1 is 1.43 bits per heavy atom. The van der Waals surface area contributed by atoms with Gasteiger partial charge in [0.1, 0.15) is 0 Å². The first-order valence-electron chi connectivity index (χ1n) is 4.19. The predicted molar refractivity (Wildman–Crippen MR) is 45.1 cm³/mol. The van der Waals surface area contributed by atoms with Gasteiger partial charge in [0, 0.05) is 25.8 Å². The summed E-state index contributed by atoms with van der Waals surface area (Å²) in [5.74, 6) is -1.49. The van der Waals surface area contributed by atoms with Crippen molar-refractivity contribution < 1.29 is 23.5 Å². The lowest BCUT2D eigenvalue weighted by Gasteiger charge is -2.15. The molecular formula is C8H13F2NO3. The average molecular weight is 209 g/mol. The second-order valence-electron chi connectivity index (χ2n) is 2.96. The van der Waals surface area contributed by atoms with Crippen LogP contribution in [0.1, 0.15) is 26.2 Å². The highest BCUT2D eigenvalue weighted by Gasteiger charge is 2.16. The molecule has 0 bridgehead atoms. The molecule has 0 spiro atoms. The largest absolute Gasteiger partial charge is 0.481 e. The van der Waals surface area contributed by atoms with Crippen LogP contribution in [0.3, 0.4) is 0 Å². The third-order valence-electron chi connectivity index (χ3n) is 1.58. The zero-order valence-electron chi connectivity index (χ0n) is 7.80. The predicted octanol–water partition coefficient (Wildman–Crippen LogP) is 1.01. The van der Waals surface area contributed by atoms with Crippen LogP contribution in [0, 0.1) is 0 Å². The molecule has 1 unspecified atom stereocenters. The second-order valence-corrected chi connectivity index (χ2v) is 2.96. The van der Waals surface area contributed by atoms with Crippen molar-refractivity contribution in [1.82, 2.24) is 5.32 Å². The molecule has 4 nitrogen and oxygen atoms in total. The number of carboxylic acid groups (broad SMARTS) is 1. The van der Waals surface area contributed by atoms with Gasteiger partial charge in [-0.3, -0.25) is 9.59 Å². The van der Waals surface area contributed by atoms with E-state index in [4.69, 9.17) is 5.11 Å². The van der Waals surface area contributed by atoms with Crippen LogP contribution in [0.4, 0.5) is 8.78 Å². The third-order valence-corrected chi connectivity index (χ3v) is 1.58. The summed E-state index contributed by atoms with van der Waals surface area (Å²) in [7, 11) is 0. The number of alkyl halides is 2. The highest BCUT2D eigenvalue weighted by molar-refractivity contribution is 5.73. The van der Waals surface area contributed by atoms with Crippen LogP contribution in [-0.4, -0.2) is 29.5 Å². The van der Waals surface area contributed by atoms with Gasteiger partial charge in [-0.15, -0.1) is 0 Å². The van der Waals surface area contributed by atoms with Gasteiger partial charge in [0.15, 0.2) is 0 Å². The summed E-state index contributed by atoms with van der Waals surface area (Å²) in [5, 5.41) is 10.6. The van der Waals surface area contributed by atoms with E-state index in [0.29, 0.717) is 0 Å². The van der Waals surface area contributed by atoms with Gasteiger partial charge in [-0.1, -0.05) is 0 Å². The topological polar surface area (TPSA) is 66.4 Å². The Bertz CT molecular complexity index is 209. The first kappa shape index (κ1) is 12.8. The number of halogens is 2. The van der Waals surface area contributed by atoms with E-state index < -0.39 is 30.8 Å². The summed E-state index contributed by atoms with van der Waals surface area (Å²) < 4.78 is 23.9. The molecule has 0 aromatic rings. The molecular weight excluding hydrogens is 196 g/mol. The van der Waals surface area contributed by atoms with Crippen LogP contribution < -0.4 is 5.32 Å². The molecule has 0 aromatic carbocycles. The Balaban J connectivity index is 3.96. The molecule has 0 aliphatic carbocycles. The maximum atomic E-state index is 12.0. The number of carbonyl (C=O) groups excluding carboxylic acids is 1. The molecule has 0 heterocycles. The number of nitrogens with one attached hydrogen (secondary N) is 1. The van der Waals surface area contributed by atoms with Crippen molar-refractivity contribution in [2.24, 2.45) is 0 Å². The fourth-order valence-corrected chi connectivity index (χ4v) is 1.05. The van der Waals surface area contributed by atoms with Crippen molar-refractivity contribution in [2.45, 2.75) is 38.7 Å². The lowest BCUT2D eigenvalue weighted by Crippen LogP contribution is -2.35. The summed E-state index contributed by atoms with van der Waals surface area (Å²) in [4.78, 5) is 20.8. The van der Waals surface area contributed by atoms with Gasteiger partial charge >= 0.3 is 5.97 Å². The maximum Gasteiger partial charge on any atom is 0.303 e. The fraction of sp³-hybridized carbons (Fsp3) is 0.750. The number of hydrogen-bond acceptors (Lipinski definition) is 2. The molecule has 1 atom stereocenters. The Morgan fingerprint density at radius 2 is 2.00 bits per heavy atom. The van der Waals surface area contributed by atoms with Gasteiger partial charge in [-0.25, -0.2) is 8.78 Å². The zero-order chi connectivity index (χ0) is 11.1. The number of rotatable bonds is 6. The molecule has 0 aliphatic heterocycles. The molecule has 0 aromatic heterocycles. The zero-order valence-corrected chi connectivity index (χ0v) is 7.80. The quantitative estimate of drug-likeness (QED) is 0.686. The van der Waals surface area contributed by atoms with Gasteiger partial charge in [0.2, 0.25) is 12.3 Å². The van der Waals surface area contributed by atoms with Gasteiger partial charge in [-0.2, -0.15) is 0 Å². The Hall–Kier alpha value is -1.20. The highest BCUT2D eigenvalue weighted by Crippen LogP contribution is 2.09. The number of hydrogen-bond donors (Lipinski definition) is 2. The molecule has 1 amide bonds. The van der Waals surface area contributed by atoms with Crippen LogP contribution >= 0.6 is 0 Å². The van der Waals surface area contributed by atoms with Crippen molar-refractivity contribution >= 4 is 11.9 Å². The SMILES string of the molecule is CC(=O)NC(CCC(=O)O)CC(F)F. The summed E-state index contributed by atoms with van der Waals surface area (Å²) in [6.45, 7) is 1.21. The number of carboxylic acids is 1. The molecule has 0 radical (unpaired) electrons. The Kier molecular flexibility index (Phi) is 5.74. The van der Waals surface area contributed by atoms with Gasteiger partial charge < -0.3 is 10.4 Å². The van der Waals surface area contributed by atoms with Crippen molar-refractivity contribution in [3.05, 3.63) is 0 Å². The molecule has 0 fully saturated rings. The highest BCUT2D eigenvalue weighted by atomic mass is 19.3. The third kappa shape index (κ3) is 7.45. The summed E-state index contributed by atoms with van der Waals surface area (Å²) in [5.41, 5.74) is 0. The van der Waals surface area contributed by atoms with E-state index in [9.17, 15) is 18.4 Å². The first-order chi connectivity index (χ1) is 6.41. The Labute approximate surface area is 80.3 Å². The molecule has 0 aliphatic rings. The normalized spacial score (nSPS) is 12.6. The molecule has 0 saturated heterocycles. The van der Waals surface area contributed by atoms with Crippen LogP contribution in [0.2, 0.25) is 0 Å².